The quantitative estimate of drug-likeness (QED) is 0.743. The van der Waals surface area contributed by atoms with E-state index in [0.717, 1.165) is 42.7 Å². The van der Waals surface area contributed by atoms with Gasteiger partial charge in [0, 0.05) is 36.8 Å². The lowest BCUT2D eigenvalue weighted by Gasteiger charge is -2.32. The van der Waals surface area contributed by atoms with Gasteiger partial charge in [-0.05, 0) is 36.6 Å². The van der Waals surface area contributed by atoms with Gasteiger partial charge < -0.3 is 10.2 Å². The predicted octanol–water partition coefficient (Wildman–Crippen LogP) is 3.27. The van der Waals surface area contributed by atoms with Gasteiger partial charge in [0.2, 0.25) is 5.91 Å². The molecule has 3 aromatic rings. The molecule has 0 unspecified atom stereocenters. The van der Waals surface area contributed by atoms with Crippen molar-refractivity contribution in [3.63, 3.8) is 0 Å². The lowest BCUT2D eigenvalue weighted by Crippen LogP contribution is -2.40. The van der Waals surface area contributed by atoms with E-state index in [1.54, 1.807) is 6.20 Å². The highest BCUT2D eigenvalue weighted by molar-refractivity contribution is 7.00. The lowest BCUT2D eigenvalue weighted by molar-refractivity contribution is -0.125. The molecule has 0 bridgehead atoms. The fraction of sp³-hybridized carbons (Fsp3) is 0.333. The van der Waals surface area contributed by atoms with Gasteiger partial charge in [-0.15, -0.1) is 0 Å². The third-order valence-corrected chi connectivity index (χ3v) is 5.46. The van der Waals surface area contributed by atoms with Crippen molar-refractivity contribution in [1.82, 2.24) is 19.0 Å². The SMILES string of the molecule is O=C(NCc1cccc(Cl)c1)C1CCN(c2ccnc3nsnc23)CC1. The minimum Gasteiger partial charge on any atom is -0.370 e. The van der Waals surface area contributed by atoms with Gasteiger partial charge in [-0.3, -0.25) is 4.79 Å². The van der Waals surface area contributed by atoms with Crippen molar-refractivity contribution in [3.05, 3.63) is 47.1 Å². The summed E-state index contributed by atoms with van der Waals surface area (Å²) in [6.07, 6.45) is 3.41. The number of benzene rings is 1. The molecule has 8 heteroatoms. The number of nitrogens with one attached hydrogen (secondary N) is 1. The largest absolute Gasteiger partial charge is 0.370 e. The Bertz CT molecular complexity index is 923. The summed E-state index contributed by atoms with van der Waals surface area (Å²) < 4.78 is 8.55. The number of hydrogen-bond donors (Lipinski definition) is 1. The van der Waals surface area contributed by atoms with Gasteiger partial charge in [0.1, 0.15) is 5.52 Å². The number of fused-ring (bicyclic) bond motifs is 1. The van der Waals surface area contributed by atoms with E-state index in [4.69, 9.17) is 11.6 Å². The summed E-state index contributed by atoms with van der Waals surface area (Å²) in [5, 5.41) is 3.71. The van der Waals surface area contributed by atoms with E-state index in [0.29, 0.717) is 17.2 Å². The lowest BCUT2D eigenvalue weighted by atomic mass is 9.95. The number of halogens is 1. The van der Waals surface area contributed by atoms with Crippen LogP contribution in [0.25, 0.3) is 11.2 Å². The Labute approximate surface area is 160 Å². The molecule has 1 N–H and O–H groups in total. The molecule has 0 saturated carbocycles. The van der Waals surface area contributed by atoms with Gasteiger partial charge in [-0.2, -0.15) is 8.75 Å². The van der Waals surface area contributed by atoms with Gasteiger partial charge in [0.05, 0.1) is 17.4 Å². The maximum absolute atomic E-state index is 12.5. The molecule has 1 fully saturated rings. The second-order valence-electron chi connectivity index (χ2n) is 6.38. The van der Waals surface area contributed by atoms with Gasteiger partial charge in [0.15, 0.2) is 5.65 Å². The van der Waals surface area contributed by atoms with Crippen LogP contribution in [0, 0.1) is 5.92 Å². The Morgan fingerprint density at radius 3 is 2.92 bits per heavy atom. The van der Waals surface area contributed by atoms with E-state index in [2.05, 4.69) is 23.9 Å². The molecule has 0 radical (unpaired) electrons. The number of carbonyl (C=O) groups is 1. The van der Waals surface area contributed by atoms with Crippen LogP contribution in [-0.4, -0.2) is 32.7 Å². The van der Waals surface area contributed by atoms with Crippen molar-refractivity contribution in [3.8, 4) is 0 Å². The summed E-state index contributed by atoms with van der Waals surface area (Å²) >= 11 is 7.16. The Morgan fingerprint density at radius 2 is 2.12 bits per heavy atom. The second-order valence-corrected chi connectivity index (χ2v) is 7.34. The number of nitrogens with zero attached hydrogens (tertiary/aromatic N) is 4. The smallest absolute Gasteiger partial charge is 0.223 e. The topological polar surface area (TPSA) is 71.0 Å². The average Bonchev–Trinajstić information content (AvgIpc) is 3.15. The van der Waals surface area contributed by atoms with Crippen LogP contribution in [0.15, 0.2) is 36.5 Å². The highest BCUT2D eigenvalue weighted by atomic mass is 35.5. The van der Waals surface area contributed by atoms with E-state index < -0.39 is 0 Å². The first-order chi connectivity index (χ1) is 12.7. The molecule has 1 amide bonds. The van der Waals surface area contributed by atoms with Crippen LogP contribution in [-0.2, 0) is 11.3 Å². The molecular formula is C18H18ClN5OS. The number of carbonyl (C=O) groups excluding carboxylic acids is 1. The van der Waals surface area contributed by atoms with Crippen LogP contribution in [0.5, 0.6) is 0 Å². The van der Waals surface area contributed by atoms with Crippen molar-refractivity contribution < 1.29 is 4.79 Å². The molecule has 2 aromatic heterocycles. The number of anilines is 1. The van der Waals surface area contributed by atoms with E-state index in [1.807, 2.05) is 30.3 Å². The Balaban J connectivity index is 1.34. The summed E-state index contributed by atoms with van der Waals surface area (Å²) in [5.41, 5.74) is 3.61. The molecule has 1 aromatic carbocycles. The maximum atomic E-state index is 12.5. The molecule has 6 nitrogen and oxygen atoms in total. The molecule has 134 valence electrons. The Kier molecular flexibility index (Phi) is 4.99. The van der Waals surface area contributed by atoms with E-state index in [-0.39, 0.29) is 11.8 Å². The van der Waals surface area contributed by atoms with Crippen LogP contribution in [0.2, 0.25) is 5.02 Å². The molecule has 0 atom stereocenters. The first-order valence-corrected chi connectivity index (χ1v) is 9.66. The van der Waals surface area contributed by atoms with Crippen LogP contribution in [0.3, 0.4) is 0 Å². The van der Waals surface area contributed by atoms with Crippen LogP contribution < -0.4 is 10.2 Å². The van der Waals surface area contributed by atoms with Crippen molar-refractivity contribution >= 4 is 46.1 Å². The summed E-state index contributed by atoms with van der Waals surface area (Å²) in [6.45, 7) is 2.16. The molecule has 4 rings (SSSR count). The minimum atomic E-state index is 0.0383. The van der Waals surface area contributed by atoms with Gasteiger partial charge in [-0.1, -0.05) is 23.7 Å². The summed E-state index contributed by atoms with van der Waals surface area (Å²) in [4.78, 5) is 19.0. The fourth-order valence-electron chi connectivity index (χ4n) is 3.31. The monoisotopic (exact) mass is 387 g/mol. The third kappa shape index (κ3) is 3.64. The number of pyridine rings is 1. The van der Waals surface area contributed by atoms with Gasteiger partial charge in [-0.25, -0.2) is 4.98 Å². The number of hydrogen-bond acceptors (Lipinski definition) is 6. The zero-order valence-electron chi connectivity index (χ0n) is 14.1. The number of rotatable bonds is 4. The van der Waals surface area contributed by atoms with Crippen molar-refractivity contribution in [2.24, 2.45) is 5.92 Å². The average molecular weight is 388 g/mol. The van der Waals surface area contributed by atoms with Gasteiger partial charge >= 0.3 is 0 Å². The summed E-state index contributed by atoms with van der Waals surface area (Å²) in [6, 6.07) is 9.54. The second kappa shape index (κ2) is 7.55. The molecule has 0 aliphatic carbocycles. The van der Waals surface area contributed by atoms with Gasteiger partial charge in [0.25, 0.3) is 0 Å². The van der Waals surface area contributed by atoms with E-state index in [9.17, 15) is 4.79 Å². The van der Waals surface area contributed by atoms with Crippen molar-refractivity contribution in [2.75, 3.05) is 18.0 Å². The predicted molar refractivity (Wildman–Crippen MR) is 103 cm³/mol. The highest BCUT2D eigenvalue weighted by Gasteiger charge is 2.26. The molecule has 3 heterocycles. The Hall–Kier alpha value is -2.25. The van der Waals surface area contributed by atoms with Crippen LogP contribution >= 0.6 is 23.3 Å². The standard InChI is InChI=1S/C18H18ClN5OS/c19-14-3-1-2-12(10-14)11-21-18(25)13-5-8-24(9-6-13)15-4-7-20-17-16(15)22-26-23-17/h1-4,7,10,13H,5-6,8-9,11H2,(H,21,25). The Morgan fingerprint density at radius 1 is 1.27 bits per heavy atom. The molecule has 0 spiro atoms. The molecule has 1 aliphatic rings. The van der Waals surface area contributed by atoms with Crippen molar-refractivity contribution in [1.29, 1.82) is 0 Å². The van der Waals surface area contributed by atoms with Crippen LogP contribution in [0.1, 0.15) is 18.4 Å². The van der Waals surface area contributed by atoms with Crippen molar-refractivity contribution in [2.45, 2.75) is 19.4 Å². The first-order valence-electron chi connectivity index (χ1n) is 8.55. The summed E-state index contributed by atoms with van der Waals surface area (Å²) in [5.74, 6) is 0.149. The highest BCUT2D eigenvalue weighted by Crippen LogP contribution is 2.28. The van der Waals surface area contributed by atoms with E-state index in [1.165, 1.54) is 11.7 Å². The van der Waals surface area contributed by atoms with E-state index >= 15 is 0 Å². The maximum Gasteiger partial charge on any atom is 0.223 e. The third-order valence-electron chi connectivity index (χ3n) is 4.71. The molecule has 1 aliphatic heterocycles. The zero-order valence-corrected chi connectivity index (χ0v) is 15.6. The number of amides is 1. The van der Waals surface area contributed by atoms with Crippen LogP contribution in [0.4, 0.5) is 5.69 Å². The first kappa shape index (κ1) is 17.2. The minimum absolute atomic E-state index is 0.0383. The summed E-state index contributed by atoms with van der Waals surface area (Å²) in [7, 11) is 0. The zero-order chi connectivity index (χ0) is 17.9. The fourth-order valence-corrected chi connectivity index (χ4v) is 4.03. The molecular weight excluding hydrogens is 370 g/mol. The number of piperidine rings is 1. The molecule has 26 heavy (non-hydrogen) atoms. The molecule has 1 saturated heterocycles. The number of aromatic nitrogens is 3. The normalized spacial score (nSPS) is 15.3.